The Morgan fingerprint density at radius 3 is 2.95 bits per heavy atom. The maximum atomic E-state index is 11.3. The molecule has 0 spiro atoms. The van der Waals surface area contributed by atoms with Crippen LogP contribution in [0.2, 0.25) is 0 Å². The third kappa shape index (κ3) is 4.06. The van der Waals surface area contributed by atoms with Crippen molar-refractivity contribution >= 4 is 5.97 Å². The van der Waals surface area contributed by atoms with Gasteiger partial charge in [0, 0.05) is 19.2 Å². The fourth-order valence-electron chi connectivity index (χ4n) is 2.04. The van der Waals surface area contributed by atoms with E-state index in [-0.39, 0.29) is 0 Å². The summed E-state index contributed by atoms with van der Waals surface area (Å²) >= 11 is 0. The fourth-order valence-corrected chi connectivity index (χ4v) is 2.04. The lowest BCUT2D eigenvalue weighted by molar-refractivity contribution is -0.142. The average molecular weight is 289 g/mol. The molecule has 112 valence electrons. The number of carbonyl (C=O) groups is 1. The molecule has 2 N–H and O–H groups in total. The number of ether oxygens (including phenoxy) is 2. The largest absolute Gasteiger partial charge is 0.497 e. The van der Waals surface area contributed by atoms with Gasteiger partial charge in [-0.2, -0.15) is 0 Å². The van der Waals surface area contributed by atoms with Gasteiger partial charge in [0.1, 0.15) is 11.8 Å². The second kappa shape index (κ2) is 6.90. The van der Waals surface area contributed by atoms with E-state index < -0.39 is 12.0 Å². The average Bonchev–Trinajstić information content (AvgIpc) is 2.93. The monoisotopic (exact) mass is 289 g/mol. The Kier molecular flexibility index (Phi) is 4.94. The van der Waals surface area contributed by atoms with Crippen LogP contribution < -0.4 is 10.5 Å². The van der Waals surface area contributed by atoms with Gasteiger partial charge in [-0.1, -0.05) is 12.1 Å². The molecular formula is C15H19N3O3. The highest BCUT2D eigenvalue weighted by Gasteiger charge is 2.15. The summed E-state index contributed by atoms with van der Waals surface area (Å²) in [5, 5.41) is 0. The molecule has 0 amide bonds. The van der Waals surface area contributed by atoms with Crippen LogP contribution in [0.4, 0.5) is 0 Å². The van der Waals surface area contributed by atoms with E-state index in [0.717, 1.165) is 17.0 Å². The zero-order valence-corrected chi connectivity index (χ0v) is 12.2. The standard InChI is InChI=1S/C15H19N3O3/c1-20-13-5-3-4-11(6-13)8-18-9-12(17-10-18)7-14(16)15(19)21-2/h3-6,9-10,14H,7-8,16H2,1-2H3/t14-/m0/s1. The quantitative estimate of drug-likeness (QED) is 0.802. The molecule has 2 aromatic rings. The van der Waals surface area contributed by atoms with Crippen molar-refractivity contribution in [1.29, 1.82) is 0 Å². The third-order valence-electron chi connectivity index (χ3n) is 3.12. The van der Waals surface area contributed by atoms with Crippen LogP contribution in [0.3, 0.4) is 0 Å². The van der Waals surface area contributed by atoms with E-state index in [1.807, 2.05) is 35.0 Å². The summed E-state index contributed by atoms with van der Waals surface area (Å²) in [6.45, 7) is 0.678. The van der Waals surface area contributed by atoms with Crippen LogP contribution in [0, 0.1) is 0 Å². The molecule has 0 bridgehead atoms. The van der Waals surface area contributed by atoms with Gasteiger partial charge in [0.2, 0.25) is 0 Å². The lowest BCUT2D eigenvalue weighted by atomic mass is 10.2. The van der Waals surface area contributed by atoms with Crippen LogP contribution in [0.1, 0.15) is 11.3 Å². The number of hydrogen-bond acceptors (Lipinski definition) is 5. The van der Waals surface area contributed by atoms with Gasteiger partial charge in [-0.05, 0) is 17.7 Å². The summed E-state index contributed by atoms with van der Waals surface area (Å²) < 4.78 is 11.7. The van der Waals surface area contributed by atoms with Crippen LogP contribution >= 0.6 is 0 Å². The zero-order chi connectivity index (χ0) is 15.2. The summed E-state index contributed by atoms with van der Waals surface area (Å²) in [6.07, 6.45) is 3.96. The Hall–Kier alpha value is -2.34. The molecule has 1 atom stereocenters. The SMILES string of the molecule is COC(=O)[C@@H](N)Cc1cn(Cc2cccc(OC)c2)cn1. The Morgan fingerprint density at radius 1 is 1.43 bits per heavy atom. The van der Waals surface area contributed by atoms with Gasteiger partial charge in [-0.15, -0.1) is 0 Å². The molecule has 0 saturated carbocycles. The first kappa shape index (κ1) is 15.1. The van der Waals surface area contributed by atoms with E-state index >= 15 is 0 Å². The Morgan fingerprint density at radius 2 is 2.24 bits per heavy atom. The summed E-state index contributed by atoms with van der Waals surface area (Å²) in [5.74, 6) is 0.387. The minimum Gasteiger partial charge on any atom is -0.497 e. The molecule has 1 aromatic heterocycles. The maximum Gasteiger partial charge on any atom is 0.323 e. The van der Waals surface area contributed by atoms with E-state index in [9.17, 15) is 4.79 Å². The normalized spacial score (nSPS) is 12.0. The molecule has 0 fully saturated rings. The molecular weight excluding hydrogens is 270 g/mol. The van der Waals surface area contributed by atoms with Crippen LogP contribution in [0.15, 0.2) is 36.8 Å². The summed E-state index contributed by atoms with van der Waals surface area (Å²) in [7, 11) is 2.96. The molecule has 0 aliphatic heterocycles. The number of nitrogens with two attached hydrogens (primary N) is 1. The predicted octanol–water partition coefficient (Wildman–Crippen LogP) is 0.983. The first-order chi connectivity index (χ1) is 10.1. The van der Waals surface area contributed by atoms with Crippen molar-refractivity contribution in [3.63, 3.8) is 0 Å². The highest BCUT2D eigenvalue weighted by Crippen LogP contribution is 2.14. The van der Waals surface area contributed by atoms with Crippen LogP contribution in [-0.2, 0) is 22.5 Å². The molecule has 1 aromatic carbocycles. The van der Waals surface area contributed by atoms with Crippen molar-refractivity contribution in [3.8, 4) is 5.75 Å². The van der Waals surface area contributed by atoms with Crippen molar-refractivity contribution in [2.24, 2.45) is 5.73 Å². The van der Waals surface area contributed by atoms with Gasteiger partial charge >= 0.3 is 5.97 Å². The zero-order valence-electron chi connectivity index (χ0n) is 12.2. The van der Waals surface area contributed by atoms with Crippen molar-refractivity contribution < 1.29 is 14.3 Å². The van der Waals surface area contributed by atoms with Gasteiger partial charge in [0.05, 0.1) is 26.2 Å². The molecule has 0 unspecified atom stereocenters. The highest BCUT2D eigenvalue weighted by atomic mass is 16.5. The van der Waals surface area contributed by atoms with Crippen LogP contribution in [-0.4, -0.2) is 35.8 Å². The van der Waals surface area contributed by atoms with Gasteiger partial charge < -0.3 is 19.8 Å². The maximum absolute atomic E-state index is 11.3. The molecule has 6 heteroatoms. The van der Waals surface area contributed by atoms with E-state index in [4.69, 9.17) is 10.5 Å². The number of rotatable bonds is 6. The van der Waals surface area contributed by atoms with Gasteiger partial charge in [0.15, 0.2) is 0 Å². The third-order valence-corrected chi connectivity index (χ3v) is 3.12. The van der Waals surface area contributed by atoms with E-state index in [0.29, 0.717) is 13.0 Å². The molecule has 0 aliphatic carbocycles. The van der Waals surface area contributed by atoms with Crippen molar-refractivity contribution in [2.45, 2.75) is 19.0 Å². The second-order valence-electron chi connectivity index (χ2n) is 4.72. The van der Waals surface area contributed by atoms with Gasteiger partial charge in [0.25, 0.3) is 0 Å². The van der Waals surface area contributed by atoms with Crippen molar-refractivity contribution in [3.05, 3.63) is 48.0 Å². The number of benzene rings is 1. The molecule has 0 radical (unpaired) electrons. The Bertz CT molecular complexity index is 610. The molecule has 0 saturated heterocycles. The smallest absolute Gasteiger partial charge is 0.323 e. The number of imidazole rings is 1. The summed E-state index contributed by atoms with van der Waals surface area (Å²) in [4.78, 5) is 15.5. The van der Waals surface area contributed by atoms with Gasteiger partial charge in [-0.25, -0.2) is 4.98 Å². The first-order valence-corrected chi connectivity index (χ1v) is 6.59. The van der Waals surface area contributed by atoms with E-state index in [1.54, 1.807) is 13.4 Å². The van der Waals surface area contributed by atoms with Crippen molar-refractivity contribution in [2.75, 3.05) is 14.2 Å². The predicted molar refractivity (Wildman–Crippen MR) is 78.0 cm³/mol. The highest BCUT2D eigenvalue weighted by molar-refractivity contribution is 5.75. The number of hydrogen-bond donors (Lipinski definition) is 1. The Labute approximate surface area is 123 Å². The lowest BCUT2D eigenvalue weighted by Gasteiger charge is -2.07. The number of esters is 1. The molecule has 21 heavy (non-hydrogen) atoms. The van der Waals surface area contributed by atoms with Crippen molar-refractivity contribution in [1.82, 2.24) is 9.55 Å². The number of aromatic nitrogens is 2. The Balaban J connectivity index is 2.01. The number of carbonyl (C=O) groups excluding carboxylic acids is 1. The van der Waals surface area contributed by atoms with E-state index in [2.05, 4.69) is 9.72 Å². The minimum absolute atomic E-state index is 0.359. The van der Waals surface area contributed by atoms with Gasteiger partial charge in [-0.3, -0.25) is 4.79 Å². The second-order valence-corrected chi connectivity index (χ2v) is 4.72. The van der Waals surface area contributed by atoms with Crippen LogP contribution in [0.5, 0.6) is 5.75 Å². The topological polar surface area (TPSA) is 79.4 Å². The summed E-state index contributed by atoms with van der Waals surface area (Å²) in [5.41, 5.74) is 7.59. The lowest BCUT2D eigenvalue weighted by Crippen LogP contribution is -2.33. The molecule has 6 nitrogen and oxygen atoms in total. The minimum atomic E-state index is -0.685. The molecule has 2 rings (SSSR count). The fraction of sp³-hybridized carbons (Fsp3) is 0.333. The molecule has 1 heterocycles. The number of methoxy groups -OCH3 is 2. The molecule has 0 aliphatic rings. The number of nitrogens with zero attached hydrogens (tertiary/aromatic N) is 2. The first-order valence-electron chi connectivity index (χ1n) is 6.59. The summed E-state index contributed by atoms with van der Waals surface area (Å²) in [6, 6.07) is 7.15. The van der Waals surface area contributed by atoms with Crippen LogP contribution in [0.25, 0.3) is 0 Å². The van der Waals surface area contributed by atoms with E-state index in [1.165, 1.54) is 7.11 Å².